The van der Waals surface area contributed by atoms with Gasteiger partial charge in [-0.1, -0.05) is 54.6 Å². The molecule has 0 aliphatic carbocycles. The first-order chi connectivity index (χ1) is 11.8. The molecule has 0 bridgehead atoms. The van der Waals surface area contributed by atoms with Crippen LogP contribution >= 0.6 is 0 Å². The van der Waals surface area contributed by atoms with E-state index in [4.69, 9.17) is 0 Å². The van der Waals surface area contributed by atoms with E-state index < -0.39 is 0 Å². The zero-order valence-electron chi connectivity index (χ0n) is 13.0. The van der Waals surface area contributed by atoms with Crippen molar-refractivity contribution in [2.45, 2.75) is 6.42 Å². The second kappa shape index (κ2) is 6.08. The molecule has 4 nitrogen and oxygen atoms in total. The van der Waals surface area contributed by atoms with Crippen molar-refractivity contribution in [1.29, 1.82) is 0 Å². The third kappa shape index (κ3) is 2.82. The summed E-state index contributed by atoms with van der Waals surface area (Å²) in [5, 5.41) is 8.92. The van der Waals surface area contributed by atoms with Crippen LogP contribution in [0.2, 0.25) is 0 Å². The van der Waals surface area contributed by atoms with Crippen molar-refractivity contribution >= 4 is 16.8 Å². The first-order valence-corrected chi connectivity index (χ1v) is 7.79. The highest BCUT2D eigenvalue weighted by Gasteiger charge is 2.08. The van der Waals surface area contributed by atoms with E-state index >= 15 is 0 Å². The molecule has 0 aliphatic heterocycles. The quantitative estimate of drug-likeness (QED) is 0.538. The second-order valence-electron chi connectivity index (χ2n) is 5.61. The summed E-state index contributed by atoms with van der Waals surface area (Å²) in [6.07, 6.45) is 0.388. The van der Waals surface area contributed by atoms with E-state index in [0.717, 1.165) is 27.8 Å². The van der Waals surface area contributed by atoms with Crippen molar-refractivity contribution in [3.05, 3.63) is 90.0 Å². The fourth-order valence-corrected chi connectivity index (χ4v) is 2.63. The van der Waals surface area contributed by atoms with Gasteiger partial charge in [-0.25, -0.2) is 0 Å². The lowest BCUT2D eigenvalue weighted by Crippen LogP contribution is -2.04. The minimum atomic E-state index is 0.117. The predicted molar refractivity (Wildman–Crippen MR) is 93.3 cm³/mol. The maximum absolute atomic E-state index is 12.3. The molecule has 0 spiro atoms. The van der Waals surface area contributed by atoms with Gasteiger partial charge in [-0.15, -0.1) is 10.2 Å². The van der Waals surface area contributed by atoms with Gasteiger partial charge in [0.05, 0.1) is 5.69 Å². The molecule has 24 heavy (non-hydrogen) atoms. The van der Waals surface area contributed by atoms with Gasteiger partial charge in [0.25, 0.3) is 0 Å². The van der Waals surface area contributed by atoms with Crippen LogP contribution in [0, 0.1) is 0 Å². The van der Waals surface area contributed by atoms with Gasteiger partial charge in [0.2, 0.25) is 0 Å². The summed E-state index contributed by atoms with van der Waals surface area (Å²) in [6, 6.07) is 24.9. The SMILES string of the molecule is O=C(Cc1ccc(-n2nc3ccccc3n2)cc1)c1ccccc1. The Morgan fingerprint density at radius 1 is 0.750 bits per heavy atom. The van der Waals surface area contributed by atoms with Crippen LogP contribution < -0.4 is 0 Å². The number of benzene rings is 3. The van der Waals surface area contributed by atoms with E-state index in [-0.39, 0.29) is 5.78 Å². The van der Waals surface area contributed by atoms with E-state index in [2.05, 4.69) is 10.2 Å². The number of fused-ring (bicyclic) bond motifs is 1. The number of nitrogens with zero attached hydrogens (tertiary/aromatic N) is 3. The Morgan fingerprint density at radius 3 is 1.96 bits per heavy atom. The summed E-state index contributed by atoms with van der Waals surface area (Å²) in [5.41, 5.74) is 4.31. The van der Waals surface area contributed by atoms with Crippen molar-refractivity contribution in [2.75, 3.05) is 0 Å². The number of rotatable bonds is 4. The lowest BCUT2D eigenvalue weighted by molar-refractivity contribution is 0.0993. The van der Waals surface area contributed by atoms with E-state index in [9.17, 15) is 4.79 Å². The second-order valence-corrected chi connectivity index (χ2v) is 5.61. The smallest absolute Gasteiger partial charge is 0.167 e. The molecular weight excluding hydrogens is 298 g/mol. The zero-order chi connectivity index (χ0) is 16.4. The van der Waals surface area contributed by atoms with Crippen LogP contribution in [0.15, 0.2) is 78.9 Å². The minimum Gasteiger partial charge on any atom is -0.294 e. The highest BCUT2D eigenvalue weighted by Crippen LogP contribution is 2.14. The van der Waals surface area contributed by atoms with Crippen LogP contribution in [0.4, 0.5) is 0 Å². The number of carbonyl (C=O) groups excluding carboxylic acids is 1. The maximum atomic E-state index is 12.3. The summed E-state index contributed by atoms with van der Waals surface area (Å²) in [7, 11) is 0. The summed E-state index contributed by atoms with van der Waals surface area (Å²) in [4.78, 5) is 13.9. The van der Waals surface area contributed by atoms with Gasteiger partial charge in [0, 0.05) is 12.0 Å². The molecule has 4 rings (SSSR count). The third-order valence-corrected chi connectivity index (χ3v) is 3.91. The predicted octanol–water partition coefficient (Wildman–Crippen LogP) is 3.85. The molecule has 0 radical (unpaired) electrons. The Labute approximate surface area is 139 Å². The first-order valence-electron chi connectivity index (χ1n) is 7.79. The molecule has 4 heteroatoms. The summed E-state index contributed by atoms with van der Waals surface area (Å²) in [5.74, 6) is 0.117. The molecule has 0 unspecified atom stereocenters. The minimum absolute atomic E-state index is 0.117. The van der Waals surface area contributed by atoms with E-state index in [0.29, 0.717) is 6.42 Å². The molecule has 0 fully saturated rings. The van der Waals surface area contributed by atoms with E-state index in [1.807, 2.05) is 78.9 Å². The molecule has 0 N–H and O–H groups in total. The summed E-state index contributed by atoms with van der Waals surface area (Å²) >= 11 is 0. The first kappa shape index (κ1) is 14.3. The molecule has 0 atom stereocenters. The largest absolute Gasteiger partial charge is 0.294 e. The standard InChI is InChI=1S/C20H15N3O/c24-20(16-6-2-1-3-7-16)14-15-10-12-17(13-11-15)23-21-18-8-4-5-9-19(18)22-23/h1-13H,14H2. The molecule has 0 amide bonds. The number of ketones is 1. The van der Waals surface area contributed by atoms with Gasteiger partial charge in [0.1, 0.15) is 11.0 Å². The van der Waals surface area contributed by atoms with Gasteiger partial charge < -0.3 is 0 Å². The van der Waals surface area contributed by atoms with Crippen molar-refractivity contribution < 1.29 is 4.79 Å². The van der Waals surface area contributed by atoms with Crippen molar-refractivity contribution in [3.8, 4) is 5.69 Å². The van der Waals surface area contributed by atoms with Gasteiger partial charge >= 0.3 is 0 Å². The molecular formula is C20H15N3O. The van der Waals surface area contributed by atoms with Crippen LogP contribution in [0.3, 0.4) is 0 Å². The van der Waals surface area contributed by atoms with Crippen LogP contribution in [0.1, 0.15) is 15.9 Å². The highest BCUT2D eigenvalue weighted by molar-refractivity contribution is 5.97. The molecule has 0 aliphatic rings. The van der Waals surface area contributed by atoms with Crippen molar-refractivity contribution in [1.82, 2.24) is 15.0 Å². The number of hydrogen-bond acceptors (Lipinski definition) is 3. The number of Topliss-reactive ketones (excluding diaryl/α,β-unsaturated/α-hetero) is 1. The van der Waals surface area contributed by atoms with E-state index in [1.165, 1.54) is 0 Å². The topological polar surface area (TPSA) is 47.8 Å². The molecule has 1 heterocycles. The molecule has 3 aromatic carbocycles. The number of carbonyl (C=O) groups is 1. The van der Waals surface area contributed by atoms with Crippen LogP contribution in [0.5, 0.6) is 0 Å². The van der Waals surface area contributed by atoms with Gasteiger partial charge in [-0.3, -0.25) is 4.79 Å². The molecule has 4 aromatic rings. The molecule has 116 valence electrons. The monoisotopic (exact) mass is 313 g/mol. The van der Waals surface area contributed by atoms with Crippen LogP contribution in [-0.4, -0.2) is 20.8 Å². The average molecular weight is 313 g/mol. The lowest BCUT2D eigenvalue weighted by atomic mass is 10.0. The number of aromatic nitrogens is 3. The van der Waals surface area contributed by atoms with Crippen molar-refractivity contribution in [3.63, 3.8) is 0 Å². The average Bonchev–Trinajstić information content (AvgIpc) is 3.07. The maximum Gasteiger partial charge on any atom is 0.167 e. The highest BCUT2D eigenvalue weighted by atomic mass is 16.1. The Bertz CT molecular complexity index is 955. The fraction of sp³-hybridized carbons (Fsp3) is 0.0500. The summed E-state index contributed by atoms with van der Waals surface area (Å²) < 4.78 is 0. The van der Waals surface area contributed by atoms with Crippen LogP contribution in [-0.2, 0) is 6.42 Å². The number of hydrogen-bond donors (Lipinski definition) is 0. The Balaban J connectivity index is 1.55. The Kier molecular flexibility index (Phi) is 3.63. The Morgan fingerprint density at radius 2 is 1.33 bits per heavy atom. The van der Waals surface area contributed by atoms with Crippen molar-refractivity contribution in [2.24, 2.45) is 0 Å². The lowest BCUT2D eigenvalue weighted by Gasteiger charge is -2.03. The van der Waals surface area contributed by atoms with Gasteiger partial charge in [-0.05, 0) is 29.8 Å². The normalized spacial score (nSPS) is 10.8. The summed E-state index contributed by atoms with van der Waals surface area (Å²) in [6.45, 7) is 0. The van der Waals surface area contributed by atoms with Crippen LogP contribution in [0.25, 0.3) is 16.7 Å². The van der Waals surface area contributed by atoms with E-state index in [1.54, 1.807) is 4.80 Å². The molecule has 0 saturated carbocycles. The van der Waals surface area contributed by atoms with Gasteiger partial charge in [0.15, 0.2) is 5.78 Å². The third-order valence-electron chi connectivity index (χ3n) is 3.91. The fourth-order valence-electron chi connectivity index (χ4n) is 2.63. The zero-order valence-corrected chi connectivity index (χ0v) is 13.0. The van der Waals surface area contributed by atoms with Gasteiger partial charge in [-0.2, -0.15) is 4.80 Å². The molecule has 1 aromatic heterocycles. The molecule has 0 saturated heterocycles. The Hall–Kier alpha value is -3.27.